The van der Waals surface area contributed by atoms with Crippen LogP contribution in [0, 0.1) is 5.82 Å². The third-order valence-corrected chi connectivity index (χ3v) is 2.70. The zero-order valence-corrected chi connectivity index (χ0v) is 11.0. The summed E-state index contributed by atoms with van der Waals surface area (Å²) in [5.74, 6) is -1.64. The van der Waals surface area contributed by atoms with E-state index in [9.17, 15) is 9.18 Å². The maximum absolute atomic E-state index is 13.0. The highest BCUT2D eigenvalue weighted by molar-refractivity contribution is 5.94. The summed E-state index contributed by atoms with van der Waals surface area (Å²) in [7, 11) is 5.79. The van der Waals surface area contributed by atoms with Crippen molar-refractivity contribution >= 4 is 11.7 Å². The van der Waals surface area contributed by atoms with Crippen LogP contribution in [0.15, 0.2) is 18.2 Å². The topological polar surface area (TPSA) is 43.8 Å². The van der Waals surface area contributed by atoms with Gasteiger partial charge in [0.05, 0.1) is 11.3 Å². The van der Waals surface area contributed by atoms with Crippen LogP contribution in [0.25, 0.3) is 0 Å². The zero-order chi connectivity index (χ0) is 13.7. The van der Waals surface area contributed by atoms with E-state index in [1.165, 1.54) is 12.1 Å². The number of hydrogen-bond acceptors (Lipinski definition) is 3. The van der Waals surface area contributed by atoms with Gasteiger partial charge in [0.1, 0.15) is 5.82 Å². The first-order chi connectivity index (χ1) is 8.41. The van der Waals surface area contributed by atoms with Gasteiger partial charge in [-0.05, 0) is 45.3 Å². The molecule has 100 valence electrons. The van der Waals surface area contributed by atoms with Gasteiger partial charge in [0.25, 0.3) is 0 Å². The van der Waals surface area contributed by atoms with Crippen molar-refractivity contribution in [1.82, 2.24) is 4.90 Å². The molecule has 5 heteroatoms. The lowest BCUT2D eigenvalue weighted by atomic mass is 10.1. The number of halogens is 1. The molecule has 0 spiro atoms. The van der Waals surface area contributed by atoms with Gasteiger partial charge in [-0.1, -0.05) is 0 Å². The summed E-state index contributed by atoms with van der Waals surface area (Å²) in [5, 5.41) is 9.05. The van der Waals surface area contributed by atoms with Crippen LogP contribution in [-0.2, 0) is 0 Å². The van der Waals surface area contributed by atoms with Gasteiger partial charge in [-0.15, -0.1) is 0 Å². The summed E-state index contributed by atoms with van der Waals surface area (Å²) in [6.45, 7) is 1.65. The lowest BCUT2D eigenvalue weighted by Gasteiger charge is -2.22. The fraction of sp³-hybridized carbons (Fsp3) is 0.462. The number of nitrogens with zero attached hydrogens (tertiary/aromatic N) is 2. The Morgan fingerprint density at radius 3 is 2.50 bits per heavy atom. The third-order valence-electron chi connectivity index (χ3n) is 2.70. The Balaban J connectivity index is 2.78. The van der Waals surface area contributed by atoms with Crippen LogP contribution in [0.1, 0.15) is 16.8 Å². The Morgan fingerprint density at radius 2 is 1.94 bits per heavy atom. The lowest BCUT2D eigenvalue weighted by Crippen LogP contribution is -2.24. The number of hydrogen-bond donors (Lipinski definition) is 1. The van der Waals surface area contributed by atoms with Crippen LogP contribution in [0.2, 0.25) is 0 Å². The Kier molecular flexibility index (Phi) is 5.09. The van der Waals surface area contributed by atoms with Gasteiger partial charge < -0.3 is 14.9 Å². The molecule has 1 rings (SSSR count). The third kappa shape index (κ3) is 4.00. The minimum absolute atomic E-state index is 0.00218. The second-order valence-corrected chi connectivity index (χ2v) is 4.55. The van der Waals surface area contributed by atoms with E-state index in [-0.39, 0.29) is 5.56 Å². The molecule has 1 aromatic carbocycles. The van der Waals surface area contributed by atoms with Crippen LogP contribution in [0.3, 0.4) is 0 Å². The van der Waals surface area contributed by atoms with Crippen molar-refractivity contribution in [2.45, 2.75) is 6.42 Å². The maximum Gasteiger partial charge on any atom is 0.337 e. The van der Waals surface area contributed by atoms with Crippen molar-refractivity contribution in [1.29, 1.82) is 0 Å². The molecule has 0 amide bonds. The van der Waals surface area contributed by atoms with Crippen molar-refractivity contribution in [2.75, 3.05) is 39.1 Å². The molecule has 0 atom stereocenters. The number of aromatic carboxylic acids is 1. The molecule has 0 aliphatic rings. The Labute approximate surface area is 107 Å². The van der Waals surface area contributed by atoms with E-state index < -0.39 is 11.8 Å². The summed E-state index contributed by atoms with van der Waals surface area (Å²) in [5.41, 5.74) is 0.546. The molecule has 18 heavy (non-hydrogen) atoms. The largest absolute Gasteiger partial charge is 0.478 e. The first-order valence-electron chi connectivity index (χ1n) is 5.80. The Morgan fingerprint density at radius 1 is 1.28 bits per heavy atom. The summed E-state index contributed by atoms with van der Waals surface area (Å²) in [6.07, 6.45) is 0.917. The fourth-order valence-corrected chi connectivity index (χ4v) is 1.76. The second-order valence-electron chi connectivity index (χ2n) is 4.55. The van der Waals surface area contributed by atoms with Crippen LogP contribution in [0.4, 0.5) is 10.1 Å². The van der Waals surface area contributed by atoms with Crippen molar-refractivity contribution in [3.05, 3.63) is 29.6 Å². The predicted octanol–water partition coefficient (Wildman–Crippen LogP) is 1.91. The van der Waals surface area contributed by atoms with E-state index >= 15 is 0 Å². The number of carboxylic acid groups (broad SMARTS) is 1. The van der Waals surface area contributed by atoms with Crippen molar-refractivity contribution in [3.8, 4) is 0 Å². The van der Waals surface area contributed by atoms with Crippen molar-refractivity contribution < 1.29 is 14.3 Å². The Hall–Kier alpha value is -1.62. The molecule has 0 radical (unpaired) electrons. The molecule has 0 unspecified atom stereocenters. The van der Waals surface area contributed by atoms with Gasteiger partial charge >= 0.3 is 5.97 Å². The minimum Gasteiger partial charge on any atom is -0.478 e. The second kappa shape index (κ2) is 6.35. The SMILES string of the molecule is CN(C)CCCN(C)c1ccc(F)cc1C(=O)O. The van der Waals surface area contributed by atoms with Crippen molar-refractivity contribution in [3.63, 3.8) is 0 Å². The van der Waals surface area contributed by atoms with Gasteiger partial charge in [0, 0.05) is 13.6 Å². The highest BCUT2D eigenvalue weighted by Gasteiger charge is 2.14. The minimum atomic E-state index is -1.11. The van der Waals surface area contributed by atoms with Crippen molar-refractivity contribution in [2.24, 2.45) is 0 Å². The van der Waals surface area contributed by atoms with Gasteiger partial charge in [-0.3, -0.25) is 0 Å². The maximum atomic E-state index is 13.0. The van der Waals surface area contributed by atoms with Crippen LogP contribution in [0.5, 0.6) is 0 Å². The summed E-state index contributed by atoms with van der Waals surface area (Å²) in [4.78, 5) is 15.0. The highest BCUT2D eigenvalue weighted by Crippen LogP contribution is 2.20. The quantitative estimate of drug-likeness (QED) is 0.842. The molecule has 0 saturated carbocycles. The van der Waals surface area contributed by atoms with Gasteiger partial charge in [0.15, 0.2) is 0 Å². The Bertz CT molecular complexity index is 421. The van der Waals surface area contributed by atoms with Gasteiger partial charge in [-0.2, -0.15) is 0 Å². The predicted molar refractivity (Wildman–Crippen MR) is 69.8 cm³/mol. The van der Waals surface area contributed by atoms with E-state index in [4.69, 9.17) is 5.11 Å². The molecule has 0 saturated heterocycles. The normalized spacial score (nSPS) is 10.7. The van der Waals surface area contributed by atoms with Crippen LogP contribution >= 0.6 is 0 Å². The molecule has 0 aliphatic heterocycles. The molecule has 1 N–H and O–H groups in total. The fourth-order valence-electron chi connectivity index (χ4n) is 1.76. The number of benzene rings is 1. The van der Waals surface area contributed by atoms with Crippen LogP contribution in [-0.4, -0.2) is 50.2 Å². The number of rotatable bonds is 6. The summed E-state index contributed by atoms with van der Waals surface area (Å²) in [6, 6.07) is 3.85. The molecule has 1 aromatic rings. The highest BCUT2D eigenvalue weighted by atomic mass is 19.1. The molecule has 0 aromatic heterocycles. The smallest absolute Gasteiger partial charge is 0.337 e. The standard InChI is InChI=1S/C13H19FN2O2/c1-15(2)7-4-8-16(3)12-6-5-10(14)9-11(12)13(17)18/h5-6,9H,4,7-8H2,1-3H3,(H,17,18). The summed E-state index contributed by atoms with van der Waals surface area (Å²) >= 11 is 0. The average molecular weight is 254 g/mol. The number of carbonyl (C=O) groups is 1. The van der Waals surface area contributed by atoms with E-state index in [0.717, 1.165) is 25.6 Å². The molecule has 0 heterocycles. The molecule has 0 bridgehead atoms. The summed E-state index contributed by atoms with van der Waals surface area (Å²) < 4.78 is 13.0. The molecule has 0 fully saturated rings. The zero-order valence-electron chi connectivity index (χ0n) is 11.0. The number of carboxylic acids is 1. The van der Waals surface area contributed by atoms with Gasteiger partial charge in [0.2, 0.25) is 0 Å². The molecular formula is C13H19FN2O2. The molecule has 0 aliphatic carbocycles. The average Bonchev–Trinajstić information content (AvgIpc) is 2.28. The monoisotopic (exact) mass is 254 g/mol. The number of anilines is 1. The van der Waals surface area contributed by atoms with E-state index in [1.54, 1.807) is 0 Å². The first-order valence-corrected chi connectivity index (χ1v) is 5.80. The molecular weight excluding hydrogens is 235 g/mol. The van der Waals surface area contributed by atoms with E-state index in [1.807, 2.05) is 26.0 Å². The lowest BCUT2D eigenvalue weighted by molar-refractivity contribution is 0.0697. The van der Waals surface area contributed by atoms with Crippen LogP contribution < -0.4 is 4.90 Å². The van der Waals surface area contributed by atoms with E-state index in [0.29, 0.717) is 5.69 Å². The first kappa shape index (κ1) is 14.4. The molecule has 4 nitrogen and oxygen atoms in total. The van der Waals surface area contributed by atoms with E-state index in [2.05, 4.69) is 4.90 Å². The van der Waals surface area contributed by atoms with Gasteiger partial charge in [-0.25, -0.2) is 9.18 Å².